The molecule has 0 aromatic heterocycles. The number of hydrogen-bond acceptors (Lipinski definition) is 3. The molecule has 0 fully saturated rings. The molecule has 0 unspecified atom stereocenters. The molecule has 0 aliphatic rings. The van der Waals surface area contributed by atoms with Gasteiger partial charge in [0.2, 0.25) is 5.91 Å². The summed E-state index contributed by atoms with van der Waals surface area (Å²) in [5.41, 5.74) is 5.07. The molecule has 0 aromatic rings. The van der Waals surface area contributed by atoms with Crippen LogP contribution in [0, 0.1) is 5.41 Å². The van der Waals surface area contributed by atoms with Gasteiger partial charge in [-0.05, 0) is 37.7 Å². The van der Waals surface area contributed by atoms with Gasteiger partial charge in [0.25, 0.3) is 0 Å². The molecule has 106 valence electrons. The maximum absolute atomic E-state index is 12.2. The number of rotatable bonds is 10. The zero-order chi connectivity index (χ0) is 14.0. The number of thiocarbonyl (C=S) groups is 1. The van der Waals surface area contributed by atoms with Crippen LogP contribution in [0.3, 0.4) is 0 Å². The lowest BCUT2D eigenvalue weighted by atomic mass is 9.81. The van der Waals surface area contributed by atoms with E-state index in [-0.39, 0.29) is 5.91 Å². The Balaban J connectivity index is 4.09. The number of nitrogens with two attached hydrogens (primary N) is 1. The van der Waals surface area contributed by atoms with Gasteiger partial charge in [0.05, 0.1) is 10.4 Å². The van der Waals surface area contributed by atoms with Crippen LogP contribution in [0.2, 0.25) is 0 Å². The van der Waals surface area contributed by atoms with Crippen molar-refractivity contribution in [2.24, 2.45) is 11.1 Å². The Morgan fingerprint density at radius 3 is 2.33 bits per heavy atom. The largest absolute Gasteiger partial charge is 0.392 e. The number of amides is 1. The minimum atomic E-state index is -0.658. The van der Waals surface area contributed by atoms with Crippen LogP contribution in [0.1, 0.15) is 46.0 Å². The van der Waals surface area contributed by atoms with Crippen LogP contribution in [-0.4, -0.2) is 29.4 Å². The molecule has 0 aliphatic carbocycles. The molecule has 0 atom stereocenters. The van der Waals surface area contributed by atoms with Gasteiger partial charge >= 0.3 is 0 Å². The first-order chi connectivity index (χ1) is 8.55. The topological polar surface area (TPSA) is 55.1 Å². The molecule has 18 heavy (non-hydrogen) atoms. The molecule has 0 spiro atoms. The van der Waals surface area contributed by atoms with Crippen LogP contribution >= 0.6 is 24.0 Å². The van der Waals surface area contributed by atoms with E-state index < -0.39 is 5.41 Å². The first-order valence-electron chi connectivity index (χ1n) is 6.62. The first-order valence-corrected chi connectivity index (χ1v) is 8.42. The van der Waals surface area contributed by atoms with Crippen molar-refractivity contribution in [1.82, 2.24) is 5.32 Å². The lowest BCUT2D eigenvalue weighted by Crippen LogP contribution is -2.48. The zero-order valence-electron chi connectivity index (χ0n) is 11.8. The fraction of sp³-hybridized carbons (Fsp3) is 0.846. The van der Waals surface area contributed by atoms with Gasteiger partial charge in [-0.1, -0.05) is 32.5 Å². The summed E-state index contributed by atoms with van der Waals surface area (Å²) < 4.78 is 0. The Morgan fingerprint density at radius 1 is 1.28 bits per heavy atom. The van der Waals surface area contributed by atoms with E-state index in [9.17, 15) is 4.79 Å². The number of carbonyl (C=O) groups is 1. The van der Waals surface area contributed by atoms with E-state index in [2.05, 4.69) is 11.6 Å². The van der Waals surface area contributed by atoms with Crippen molar-refractivity contribution in [1.29, 1.82) is 0 Å². The van der Waals surface area contributed by atoms with E-state index >= 15 is 0 Å². The third-order valence-corrected chi connectivity index (χ3v) is 4.51. The van der Waals surface area contributed by atoms with Crippen molar-refractivity contribution in [3.05, 3.63) is 0 Å². The summed E-state index contributed by atoms with van der Waals surface area (Å²) in [6.45, 7) is 4.64. The van der Waals surface area contributed by atoms with Crippen LogP contribution in [-0.2, 0) is 4.79 Å². The highest BCUT2D eigenvalue weighted by Crippen LogP contribution is 2.27. The van der Waals surface area contributed by atoms with Gasteiger partial charge in [0.1, 0.15) is 0 Å². The Morgan fingerprint density at radius 2 is 1.89 bits per heavy atom. The Hall–Kier alpha value is -0.290. The van der Waals surface area contributed by atoms with Crippen LogP contribution in [0.15, 0.2) is 0 Å². The Labute approximate surface area is 121 Å². The van der Waals surface area contributed by atoms with E-state index in [0.717, 1.165) is 19.4 Å². The van der Waals surface area contributed by atoms with Crippen LogP contribution in [0.4, 0.5) is 0 Å². The van der Waals surface area contributed by atoms with E-state index in [0.29, 0.717) is 17.8 Å². The van der Waals surface area contributed by atoms with Crippen molar-refractivity contribution >= 4 is 34.9 Å². The summed E-state index contributed by atoms with van der Waals surface area (Å²) in [4.78, 5) is 12.5. The fourth-order valence-electron chi connectivity index (χ4n) is 1.95. The van der Waals surface area contributed by atoms with E-state index in [4.69, 9.17) is 18.0 Å². The lowest BCUT2D eigenvalue weighted by Gasteiger charge is -2.28. The standard InChI is InChI=1S/C13H26N2OS2/c1-4-13(5-2,11(14)17)12(16)15-9-7-6-8-10-18-3/h4-10H2,1-3H3,(H2,14,17)(H,15,16). The third kappa shape index (κ3) is 5.14. The maximum Gasteiger partial charge on any atom is 0.233 e. The van der Waals surface area contributed by atoms with Gasteiger partial charge in [0, 0.05) is 6.54 Å². The molecule has 0 heterocycles. The van der Waals surface area contributed by atoms with E-state index in [1.165, 1.54) is 12.2 Å². The third-order valence-electron chi connectivity index (χ3n) is 3.42. The number of hydrogen-bond donors (Lipinski definition) is 2. The SMILES string of the molecule is CCC(CC)(C(=O)NCCCCCSC)C(N)=S. The molecule has 5 heteroatoms. The second-order valence-corrected chi connectivity index (χ2v) is 5.89. The predicted molar refractivity (Wildman–Crippen MR) is 85.0 cm³/mol. The number of carbonyl (C=O) groups excluding carboxylic acids is 1. The second-order valence-electron chi connectivity index (χ2n) is 4.46. The average Bonchev–Trinajstić information content (AvgIpc) is 2.35. The minimum Gasteiger partial charge on any atom is -0.392 e. The minimum absolute atomic E-state index is 0.00938. The summed E-state index contributed by atoms with van der Waals surface area (Å²) >= 11 is 6.91. The van der Waals surface area contributed by atoms with Crippen molar-refractivity contribution in [2.75, 3.05) is 18.6 Å². The average molecular weight is 290 g/mol. The number of thioether (sulfide) groups is 1. The molecule has 0 aliphatic heterocycles. The van der Waals surface area contributed by atoms with Gasteiger partial charge in [-0.15, -0.1) is 0 Å². The van der Waals surface area contributed by atoms with Gasteiger partial charge in [-0.2, -0.15) is 11.8 Å². The van der Waals surface area contributed by atoms with Crippen molar-refractivity contribution in [3.8, 4) is 0 Å². The molecule has 0 rings (SSSR count). The highest BCUT2D eigenvalue weighted by atomic mass is 32.2. The van der Waals surface area contributed by atoms with Gasteiger partial charge in [0.15, 0.2) is 0 Å². The summed E-state index contributed by atoms with van der Waals surface area (Å²) in [7, 11) is 0. The van der Waals surface area contributed by atoms with E-state index in [1.54, 1.807) is 0 Å². The molecule has 0 saturated carbocycles. The summed E-state index contributed by atoms with van der Waals surface area (Å²) in [6, 6.07) is 0. The molecule has 1 amide bonds. The predicted octanol–water partition coefficient (Wildman–Crippen LogP) is 2.73. The zero-order valence-corrected chi connectivity index (χ0v) is 13.4. The number of unbranched alkanes of at least 4 members (excludes halogenated alkanes) is 2. The van der Waals surface area contributed by atoms with E-state index in [1.807, 2.05) is 25.6 Å². The smallest absolute Gasteiger partial charge is 0.233 e. The summed E-state index contributed by atoms with van der Waals surface area (Å²) in [5, 5.41) is 2.97. The number of nitrogens with one attached hydrogen (secondary N) is 1. The van der Waals surface area contributed by atoms with Crippen molar-refractivity contribution in [3.63, 3.8) is 0 Å². The molecular weight excluding hydrogens is 264 g/mol. The Kier molecular flexibility index (Phi) is 9.46. The quantitative estimate of drug-likeness (QED) is 0.480. The lowest BCUT2D eigenvalue weighted by molar-refractivity contribution is -0.127. The molecule has 0 saturated heterocycles. The Bertz CT molecular complexity index is 266. The molecule has 3 N–H and O–H groups in total. The van der Waals surface area contributed by atoms with Crippen LogP contribution in [0.25, 0.3) is 0 Å². The fourth-order valence-corrected chi connectivity index (χ4v) is 2.82. The molecule has 0 aromatic carbocycles. The van der Waals surface area contributed by atoms with Gasteiger partial charge in [-0.3, -0.25) is 4.79 Å². The highest BCUT2D eigenvalue weighted by Gasteiger charge is 2.37. The van der Waals surface area contributed by atoms with Crippen molar-refractivity contribution < 1.29 is 4.79 Å². The van der Waals surface area contributed by atoms with Crippen molar-refractivity contribution in [2.45, 2.75) is 46.0 Å². The normalized spacial score (nSPS) is 11.3. The molecule has 3 nitrogen and oxygen atoms in total. The highest BCUT2D eigenvalue weighted by molar-refractivity contribution is 7.98. The second kappa shape index (κ2) is 9.62. The van der Waals surface area contributed by atoms with Crippen LogP contribution < -0.4 is 11.1 Å². The molecule has 0 radical (unpaired) electrons. The maximum atomic E-state index is 12.2. The van der Waals surface area contributed by atoms with Gasteiger partial charge < -0.3 is 11.1 Å². The van der Waals surface area contributed by atoms with Gasteiger partial charge in [-0.25, -0.2) is 0 Å². The monoisotopic (exact) mass is 290 g/mol. The summed E-state index contributed by atoms with van der Waals surface area (Å²) in [5.74, 6) is 1.18. The van der Waals surface area contributed by atoms with Crippen LogP contribution in [0.5, 0.6) is 0 Å². The first kappa shape index (κ1) is 17.7. The molecular formula is C13H26N2OS2. The molecule has 0 bridgehead atoms. The summed E-state index contributed by atoms with van der Waals surface area (Å²) in [6.07, 6.45) is 6.82.